The van der Waals surface area contributed by atoms with E-state index in [1.165, 1.54) is 7.11 Å². The number of imidazole rings is 1. The lowest BCUT2D eigenvalue weighted by molar-refractivity contribution is 0.0747. The van der Waals surface area contributed by atoms with E-state index in [-0.39, 0.29) is 5.91 Å². The van der Waals surface area contributed by atoms with Gasteiger partial charge in [-0.05, 0) is 19.1 Å². The van der Waals surface area contributed by atoms with Crippen LogP contribution in [0.1, 0.15) is 23.0 Å². The standard InChI is InChI=1S/C16H19N5O2/c1-4-20(16(22)13-11-19(2)18-15(13)23-3)10-12-9-17-14-7-5-6-8-21(12)14/h5-9,11H,4,10H2,1-3H3. The number of ether oxygens (including phenoxy) is 1. The minimum atomic E-state index is -0.108. The van der Waals surface area contributed by atoms with Crippen LogP contribution in [0.5, 0.6) is 5.88 Å². The molecule has 0 saturated carbocycles. The zero-order valence-corrected chi connectivity index (χ0v) is 13.4. The summed E-state index contributed by atoms with van der Waals surface area (Å²) in [6, 6.07) is 5.82. The summed E-state index contributed by atoms with van der Waals surface area (Å²) < 4.78 is 8.75. The van der Waals surface area contributed by atoms with Crippen molar-refractivity contribution in [3.8, 4) is 5.88 Å². The average molecular weight is 313 g/mol. The number of pyridine rings is 1. The van der Waals surface area contributed by atoms with E-state index in [1.54, 1.807) is 29.0 Å². The molecule has 23 heavy (non-hydrogen) atoms. The van der Waals surface area contributed by atoms with Crippen LogP contribution in [0, 0.1) is 0 Å². The summed E-state index contributed by atoms with van der Waals surface area (Å²) in [5.74, 6) is 0.234. The van der Waals surface area contributed by atoms with Gasteiger partial charge in [0.1, 0.15) is 11.2 Å². The lowest BCUT2D eigenvalue weighted by Gasteiger charge is -2.20. The Hall–Kier alpha value is -2.83. The SMILES string of the molecule is CCN(Cc1cnc2ccccn12)C(=O)c1cn(C)nc1OC. The molecule has 0 aliphatic rings. The van der Waals surface area contributed by atoms with Gasteiger partial charge in [0, 0.05) is 26.0 Å². The first-order valence-corrected chi connectivity index (χ1v) is 7.42. The Kier molecular flexibility index (Phi) is 4.01. The third kappa shape index (κ3) is 2.77. The van der Waals surface area contributed by atoms with Crippen LogP contribution in [0.4, 0.5) is 0 Å². The first-order valence-electron chi connectivity index (χ1n) is 7.42. The zero-order valence-electron chi connectivity index (χ0n) is 13.4. The molecular formula is C16H19N5O2. The minimum absolute atomic E-state index is 0.108. The Morgan fingerprint density at radius 2 is 2.22 bits per heavy atom. The Bertz CT molecular complexity index is 836. The van der Waals surface area contributed by atoms with E-state index >= 15 is 0 Å². The fourth-order valence-corrected chi connectivity index (χ4v) is 2.56. The fraction of sp³-hybridized carbons (Fsp3) is 0.312. The largest absolute Gasteiger partial charge is 0.479 e. The molecule has 0 aliphatic heterocycles. The van der Waals surface area contributed by atoms with Crippen molar-refractivity contribution in [2.45, 2.75) is 13.5 Å². The van der Waals surface area contributed by atoms with Gasteiger partial charge in [0.05, 0.1) is 25.5 Å². The summed E-state index contributed by atoms with van der Waals surface area (Å²) in [4.78, 5) is 18.9. The predicted octanol–water partition coefficient (Wildman–Crippen LogP) is 1.74. The lowest BCUT2D eigenvalue weighted by atomic mass is 10.2. The van der Waals surface area contributed by atoms with E-state index in [9.17, 15) is 4.79 Å². The van der Waals surface area contributed by atoms with Gasteiger partial charge < -0.3 is 14.0 Å². The normalized spacial score (nSPS) is 10.9. The summed E-state index contributed by atoms with van der Waals surface area (Å²) in [5, 5.41) is 4.14. The molecule has 3 rings (SSSR count). The molecule has 0 saturated heterocycles. The van der Waals surface area contributed by atoms with Gasteiger partial charge in [-0.1, -0.05) is 6.07 Å². The molecule has 7 nitrogen and oxygen atoms in total. The summed E-state index contributed by atoms with van der Waals surface area (Å²) in [7, 11) is 3.28. The van der Waals surface area contributed by atoms with E-state index < -0.39 is 0 Å². The Morgan fingerprint density at radius 1 is 1.39 bits per heavy atom. The second-order valence-electron chi connectivity index (χ2n) is 5.22. The first kappa shape index (κ1) is 15.1. The molecule has 0 radical (unpaired) electrons. The molecule has 120 valence electrons. The van der Waals surface area contributed by atoms with Crippen LogP contribution >= 0.6 is 0 Å². The number of amides is 1. The van der Waals surface area contributed by atoms with Crippen LogP contribution in [0.15, 0.2) is 36.8 Å². The molecule has 3 aromatic heterocycles. The van der Waals surface area contributed by atoms with Crippen molar-refractivity contribution in [2.75, 3.05) is 13.7 Å². The molecule has 3 heterocycles. The van der Waals surface area contributed by atoms with Gasteiger partial charge in [-0.3, -0.25) is 9.48 Å². The van der Waals surface area contributed by atoms with Crippen molar-refractivity contribution in [1.82, 2.24) is 24.1 Å². The number of carbonyl (C=O) groups is 1. The van der Waals surface area contributed by atoms with Crippen molar-refractivity contribution in [3.05, 3.63) is 48.0 Å². The molecule has 1 amide bonds. The van der Waals surface area contributed by atoms with Gasteiger partial charge in [-0.2, -0.15) is 0 Å². The topological polar surface area (TPSA) is 64.7 Å². The Balaban J connectivity index is 1.89. The highest BCUT2D eigenvalue weighted by atomic mass is 16.5. The first-order chi connectivity index (χ1) is 11.1. The van der Waals surface area contributed by atoms with Crippen LogP contribution in [0.2, 0.25) is 0 Å². The smallest absolute Gasteiger partial charge is 0.261 e. The maximum absolute atomic E-state index is 12.8. The van der Waals surface area contributed by atoms with Gasteiger partial charge in [0.2, 0.25) is 5.88 Å². The molecule has 0 aromatic carbocycles. The highest BCUT2D eigenvalue weighted by molar-refractivity contribution is 5.96. The molecular weight excluding hydrogens is 294 g/mol. The second kappa shape index (κ2) is 6.12. The molecule has 0 unspecified atom stereocenters. The third-order valence-electron chi connectivity index (χ3n) is 3.73. The lowest BCUT2D eigenvalue weighted by Crippen LogP contribution is -2.30. The van der Waals surface area contributed by atoms with Crippen molar-refractivity contribution >= 4 is 11.6 Å². The minimum Gasteiger partial charge on any atom is -0.479 e. The number of aromatic nitrogens is 4. The average Bonchev–Trinajstić information content (AvgIpc) is 3.15. The quantitative estimate of drug-likeness (QED) is 0.720. The van der Waals surface area contributed by atoms with Gasteiger partial charge in [-0.25, -0.2) is 4.98 Å². The van der Waals surface area contributed by atoms with Gasteiger partial charge >= 0.3 is 0 Å². The van der Waals surface area contributed by atoms with Gasteiger partial charge in [-0.15, -0.1) is 5.10 Å². The Labute approximate surface area is 134 Å². The number of methoxy groups -OCH3 is 1. The van der Waals surface area contributed by atoms with Crippen molar-refractivity contribution in [1.29, 1.82) is 0 Å². The maximum Gasteiger partial charge on any atom is 0.261 e. The summed E-state index contributed by atoms with van der Waals surface area (Å²) in [6.07, 6.45) is 5.42. The molecule has 0 aliphatic carbocycles. The highest BCUT2D eigenvalue weighted by Gasteiger charge is 2.22. The summed E-state index contributed by atoms with van der Waals surface area (Å²) in [5.41, 5.74) is 2.29. The molecule has 0 spiro atoms. The van der Waals surface area contributed by atoms with Crippen LogP contribution in [-0.2, 0) is 13.6 Å². The van der Waals surface area contributed by atoms with Gasteiger partial charge in [0.15, 0.2) is 0 Å². The number of nitrogens with zero attached hydrogens (tertiary/aromatic N) is 5. The van der Waals surface area contributed by atoms with E-state index in [0.717, 1.165) is 11.3 Å². The number of hydrogen-bond donors (Lipinski definition) is 0. The zero-order chi connectivity index (χ0) is 16.4. The van der Waals surface area contributed by atoms with E-state index in [0.29, 0.717) is 24.5 Å². The number of fused-ring (bicyclic) bond motifs is 1. The van der Waals surface area contributed by atoms with Crippen LogP contribution < -0.4 is 4.74 Å². The summed E-state index contributed by atoms with van der Waals surface area (Å²) in [6.45, 7) is 3.00. The van der Waals surface area contributed by atoms with Crippen molar-refractivity contribution in [3.63, 3.8) is 0 Å². The van der Waals surface area contributed by atoms with E-state index in [4.69, 9.17) is 4.74 Å². The summed E-state index contributed by atoms with van der Waals surface area (Å²) >= 11 is 0. The predicted molar refractivity (Wildman–Crippen MR) is 85.4 cm³/mol. The molecule has 0 atom stereocenters. The van der Waals surface area contributed by atoms with Gasteiger partial charge in [0.25, 0.3) is 5.91 Å². The van der Waals surface area contributed by atoms with Crippen molar-refractivity contribution in [2.24, 2.45) is 7.05 Å². The number of aryl methyl sites for hydroxylation is 1. The third-order valence-corrected chi connectivity index (χ3v) is 3.73. The number of carbonyl (C=O) groups excluding carboxylic acids is 1. The van der Waals surface area contributed by atoms with Crippen LogP contribution in [0.25, 0.3) is 5.65 Å². The highest BCUT2D eigenvalue weighted by Crippen LogP contribution is 2.19. The molecule has 0 bridgehead atoms. The maximum atomic E-state index is 12.8. The molecule has 3 aromatic rings. The number of rotatable bonds is 5. The van der Waals surface area contributed by atoms with Crippen LogP contribution in [0.3, 0.4) is 0 Å². The van der Waals surface area contributed by atoms with Crippen molar-refractivity contribution < 1.29 is 9.53 Å². The van der Waals surface area contributed by atoms with E-state index in [2.05, 4.69) is 10.1 Å². The van der Waals surface area contributed by atoms with Crippen LogP contribution in [-0.4, -0.2) is 43.6 Å². The second-order valence-corrected chi connectivity index (χ2v) is 5.22. The molecule has 7 heteroatoms. The molecule has 0 N–H and O–H groups in total. The number of hydrogen-bond acceptors (Lipinski definition) is 4. The fourth-order valence-electron chi connectivity index (χ4n) is 2.56. The monoisotopic (exact) mass is 313 g/mol. The van der Waals surface area contributed by atoms with E-state index in [1.807, 2.05) is 35.7 Å². The Morgan fingerprint density at radius 3 is 2.96 bits per heavy atom. The molecule has 0 fully saturated rings.